The van der Waals surface area contributed by atoms with Crippen LogP contribution in [0, 0.1) is 0 Å². The molecule has 0 bridgehead atoms. The van der Waals surface area contributed by atoms with Crippen LogP contribution in [0.2, 0.25) is 0 Å². The highest BCUT2D eigenvalue weighted by atomic mass is 32.2. The molecule has 0 aliphatic carbocycles. The lowest BCUT2D eigenvalue weighted by molar-refractivity contribution is -0.157. The monoisotopic (exact) mass is 380 g/mol. The van der Waals surface area contributed by atoms with E-state index < -0.39 is 17.7 Å². The van der Waals surface area contributed by atoms with Gasteiger partial charge in [-0.2, -0.15) is 0 Å². The minimum absolute atomic E-state index is 0.0512. The predicted molar refractivity (Wildman–Crippen MR) is 108 cm³/mol. The van der Waals surface area contributed by atoms with E-state index >= 15 is 0 Å². The Morgan fingerprint density at radius 3 is 2.31 bits per heavy atom. The summed E-state index contributed by atoms with van der Waals surface area (Å²) in [4.78, 5) is 22.8. The van der Waals surface area contributed by atoms with Crippen molar-refractivity contribution in [1.82, 2.24) is 5.32 Å². The minimum Gasteiger partial charge on any atom is -0.458 e. The molecule has 0 amide bonds. The van der Waals surface area contributed by atoms with Gasteiger partial charge in [-0.1, -0.05) is 36.0 Å². The Hall–Kier alpha value is -1.37. The number of nitrogens with two attached hydrogens (primary N) is 1. The van der Waals surface area contributed by atoms with Gasteiger partial charge in [0.25, 0.3) is 0 Å². The molecule has 0 aliphatic heterocycles. The van der Waals surface area contributed by atoms with Crippen molar-refractivity contribution < 1.29 is 14.3 Å². The van der Waals surface area contributed by atoms with E-state index in [0.29, 0.717) is 0 Å². The van der Waals surface area contributed by atoms with Crippen molar-refractivity contribution >= 4 is 22.8 Å². The first-order valence-corrected chi connectivity index (χ1v) is 10.0. The third kappa shape index (κ3) is 9.94. The zero-order valence-corrected chi connectivity index (χ0v) is 17.3. The quantitative estimate of drug-likeness (QED) is 0.389. The Kier molecular flexibility index (Phi) is 9.33. The van der Waals surface area contributed by atoms with Gasteiger partial charge in [-0.05, 0) is 58.1 Å². The summed E-state index contributed by atoms with van der Waals surface area (Å²) >= 11 is 1.38. The molecule has 26 heavy (non-hydrogen) atoms. The molecule has 146 valence electrons. The van der Waals surface area contributed by atoms with Crippen molar-refractivity contribution in [1.29, 1.82) is 0 Å². The number of ether oxygens (including phenoxy) is 1. The Bertz CT molecular complexity index is 582. The van der Waals surface area contributed by atoms with Crippen LogP contribution >= 0.6 is 11.8 Å². The fourth-order valence-corrected chi connectivity index (χ4v) is 3.06. The third-order valence-electron chi connectivity index (χ3n) is 3.60. The maximum absolute atomic E-state index is 11.9. The molecule has 0 spiro atoms. The molecule has 2 unspecified atom stereocenters. The first kappa shape index (κ1) is 22.7. The van der Waals surface area contributed by atoms with Gasteiger partial charge in [-0.25, -0.2) is 4.79 Å². The van der Waals surface area contributed by atoms with Gasteiger partial charge >= 0.3 is 5.97 Å². The van der Waals surface area contributed by atoms with Crippen LogP contribution in [0.4, 0.5) is 0 Å². The van der Waals surface area contributed by atoms with Crippen molar-refractivity contribution in [3.8, 4) is 0 Å². The summed E-state index contributed by atoms with van der Waals surface area (Å²) < 4.78 is 5.28. The van der Waals surface area contributed by atoms with Crippen molar-refractivity contribution in [2.24, 2.45) is 5.73 Å². The lowest BCUT2D eigenvalue weighted by atomic mass is 10.0. The number of esters is 1. The standard InChI is InChI=1S/C20H32N2O3S/c1-14(22-18(21)19(24)25-20(3,4)5)13-17-10-8-16(9-11-17)7-6-12-26-15(2)23/h8-11,14,18,22H,6-7,12-13,21H2,1-5H3. The number of hydrogen-bond donors (Lipinski definition) is 2. The van der Waals surface area contributed by atoms with E-state index in [-0.39, 0.29) is 11.2 Å². The topological polar surface area (TPSA) is 81.4 Å². The maximum Gasteiger partial charge on any atom is 0.338 e. The van der Waals surface area contributed by atoms with Crippen molar-refractivity contribution in [2.45, 2.75) is 71.7 Å². The molecule has 0 aliphatic rings. The highest BCUT2D eigenvalue weighted by molar-refractivity contribution is 8.13. The lowest BCUT2D eigenvalue weighted by Crippen LogP contribution is -2.51. The van der Waals surface area contributed by atoms with Crippen LogP contribution in [-0.2, 0) is 27.2 Å². The van der Waals surface area contributed by atoms with E-state index in [1.165, 1.54) is 22.9 Å². The molecule has 1 aromatic carbocycles. The van der Waals surface area contributed by atoms with Crippen LogP contribution in [0.15, 0.2) is 24.3 Å². The van der Waals surface area contributed by atoms with Gasteiger partial charge < -0.3 is 10.5 Å². The average Bonchev–Trinajstić information content (AvgIpc) is 2.51. The molecule has 0 saturated carbocycles. The van der Waals surface area contributed by atoms with E-state index in [9.17, 15) is 9.59 Å². The van der Waals surface area contributed by atoms with E-state index in [1.54, 1.807) is 6.92 Å². The Morgan fingerprint density at radius 2 is 1.77 bits per heavy atom. The fraction of sp³-hybridized carbons (Fsp3) is 0.600. The number of thioether (sulfide) groups is 1. The smallest absolute Gasteiger partial charge is 0.338 e. The number of rotatable bonds is 9. The van der Waals surface area contributed by atoms with Gasteiger partial charge in [0.05, 0.1) is 0 Å². The minimum atomic E-state index is -0.831. The van der Waals surface area contributed by atoms with Gasteiger partial charge in [0.1, 0.15) is 5.60 Å². The largest absolute Gasteiger partial charge is 0.458 e. The second-order valence-electron chi connectivity index (χ2n) is 7.54. The summed E-state index contributed by atoms with van der Waals surface area (Å²) in [6, 6.07) is 8.49. The molecule has 0 heterocycles. The summed E-state index contributed by atoms with van der Waals surface area (Å²) in [5, 5.41) is 3.26. The first-order valence-electron chi connectivity index (χ1n) is 9.02. The molecule has 6 heteroatoms. The molecule has 0 radical (unpaired) electrons. The highest BCUT2D eigenvalue weighted by Crippen LogP contribution is 2.12. The molecule has 5 nitrogen and oxygen atoms in total. The zero-order chi connectivity index (χ0) is 19.7. The third-order valence-corrected chi connectivity index (χ3v) is 4.50. The highest BCUT2D eigenvalue weighted by Gasteiger charge is 2.23. The Balaban J connectivity index is 2.41. The summed E-state index contributed by atoms with van der Waals surface area (Å²) in [5.41, 5.74) is 7.79. The van der Waals surface area contributed by atoms with E-state index in [4.69, 9.17) is 10.5 Å². The molecule has 0 aromatic heterocycles. The van der Waals surface area contributed by atoms with Crippen LogP contribution in [0.25, 0.3) is 0 Å². The van der Waals surface area contributed by atoms with Gasteiger partial charge in [0.2, 0.25) is 0 Å². The summed E-state index contributed by atoms with van der Waals surface area (Å²) in [7, 11) is 0. The molecule has 0 saturated heterocycles. The first-order chi connectivity index (χ1) is 12.1. The van der Waals surface area contributed by atoms with Crippen molar-refractivity contribution in [2.75, 3.05) is 5.75 Å². The van der Waals surface area contributed by atoms with Crippen LogP contribution in [0.5, 0.6) is 0 Å². The predicted octanol–water partition coefficient (Wildman–Crippen LogP) is 3.05. The fourth-order valence-electron chi connectivity index (χ4n) is 2.49. The summed E-state index contributed by atoms with van der Waals surface area (Å²) in [5.74, 6) is 0.420. The average molecular weight is 381 g/mol. The number of aryl methyl sites for hydroxylation is 1. The van der Waals surface area contributed by atoms with E-state index in [2.05, 4.69) is 29.6 Å². The number of hydrogen-bond acceptors (Lipinski definition) is 6. The van der Waals surface area contributed by atoms with Crippen molar-refractivity contribution in [3.05, 3.63) is 35.4 Å². The van der Waals surface area contributed by atoms with Gasteiger partial charge in [0.15, 0.2) is 11.3 Å². The van der Waals surface area contributed by atoms with Gasteiger partial charge in [-0.3, -0.25) is 10.1 Å². The zero-order valence-electron chi connectivity index (χ0n) is 16.5. The number of nitrogens with one attached hydrogen (secondary N) is 1. The second kappa shape index (κ2) is 10.7. The SMILES string of the molecule is CC(=O)SCCCc1ccc(CC(C)NC(N)C(=O)OC(C)(C)C)cc1. The summed E-state index contributed by atoms with van der Waals surface area (Å²) in [6.45, 7) is 9.06. The van der Waals surface area contributed by atoms with Gasteiger partial charge in [-0.15, -0.1) is 0 Å². The molecule has 3 N–H and O–H groups in total. The van der Waals surface area contributed by atoms with Crippen molar-refractivity contribution in [3.63, 3.8) is 0 Å². The van der Waals surface area contributed by atoms with Crippen LogP contribution in [0.1, 0.15) is 52.2 Å². The number of carbonyl (C=O) groups is 2. The Labute approximate surface area is 161 Å². The molecular weight excluding hydrogens is 348 g/mol. The van der Waals surface area contributed by atoms with Crippen LogP contribution in [0.3, 0.4) is 0 Å². The van der Waals surface area contributed by atoms with Gasteiger partial charge in [0, 0.05) is 18.7 Å². The molecule has 1 aromatic rings. The van der Waals surface area contributed by atoms with E-state index in [1.807, 2.05) is 27.7 Å². The summed E-state index contributed by atoms with van der Waals surface area (Å²) in [6.07, 6.45) is 1.91. The molecule has 2 atom stereocenters. The van der Waals surface area contributed by atoms with E-state index in [0.717, 1.165) is 25.0 Å². The lowest BCUT2D eigenvalue weighted by Gasteiger charge is -2.24. The second-order valence-corrected chi connectivity index (χ2v) is 8.81. The molecule has 1 rings (SSSR count). The molecular formula is C20H32N2O3S. The van der Waals surface area contributed by atoms with Crippen LogP contribution < -0.4 is 11.1 Å². The number of carbonyl (C=O) groups excluding carboxylic acids is 2. The maximum atomic E-state index is 11.9. The molecule has 0 fully saturated rings. The Morgan fingerprint density at radius 1 is 1.19 bits per heavy atom. The number of benzene rings is 1. The van der Waals surface area contributed by atoms with Crippen LogP contribution in [-0.4, -0.2) is 34.6 Å². The normalized spacial score (nSPS) is 13.9.